The van der Waals surface area contributed by atoms with Crippen LogP contribution < -0.4 is 5.32 Å². The van der Waals surface area contributed by atoms with Gasteiger partial charge < -0.3 is 10.2 Å². The highest BCUT2D eigenvalue weighted by Gasteiger charge is 2.48. The number of carbonyl (C=O) groups is 2. The third kappa shape index (κ3) is 4.10. The van der Waals surface area contributed by atoms with Gasteiger partial charge in [-0.2, -0.15) is 0 Å². The maximum absolute atomic E-state index is 13.3. The Labute approximate surface area is 178 Å². The van der Waals surface area contributed by atoms with Crippen LogP contribution in [0.25, 0.3) is 0 Å². The van der Waals surface area contributed by atoms with Crippen LogP contribution >= 0.6 is 11.3 Å². The molecule has 1 aliphatic carbocycles. The highest BCUT2D eigenvalue weighted by Crippen LogP contribution is 2.42. The number of rotatable bonds is 5. The molecule has 0 saturated heterocycles. The lowest BCUT2D eigenvalue weighted by Gasteiger charge is -2.37. The van der Waals surface area contributed by atoms with Crippen molar-refractivity contribution in [2.24, 2.45) is 11.8 Å². The Kier molecular flexibility index (Phi) is 5.61. The fourth-order valence-corrected chi connectivity index (χ4v) is 5.01. The van der Waals surface area contributed by atoms with Crippen LogP contribution in [0.5, 0.6) is 0 Å². The van der Waals surface area contributed by atoms with E-state index in [0.29, 0.717) is 6.54 Å². The molecule has 2 amide bonds. The summed E-state index contributed by atoms with van der Waals surface area (Å²) in [6.07, 6.45) is -0.0606. The second-order valence-electron chi connectivity index (χ2n) is 8.37. The number of hydrogen-bond donors (Lipinski definition) is 1. The third-order valence-corrected chi connectivity index (χ3v) is 6.84. The standard InChI is InChI=1S/C22H25F2N3O2S/c1-13-4-3-5-15(8-13)19-18-17(30-12-26-18)6-7-27(19)21(29)14(2)11-25-20(28)16-9-22(23,24)10-16/h3-5,8,12,14,16,19H,6-7,9-11H2,1-2H3,(H,25,28). The number of carbonyl (C=O) groups excluding carboxylic acids is 2. The summed E-state index contributed by atoms with van der Waals surface area (Å²) in [6, 6.07) is 7.82. The van der Waals surface area contributed by atoms with E-state index in [0.717, 1.165) is 23.2 Å². The fourth-order valence-electron chi connectivity index (χ4n) is 4.22. The van der Waals surface area contributed by atoms with Gasteiger partial charge in [0.1, 0.15) is 6.04 Å². The van der Waals surface area contributed by atoms with Crippen molar-refractivity contribution in [1.82, 2.24) is 15.2 Å². The van der Waals surface area contributed by atoms with Crippen LogP contribution in [0, 0.1) is 18.8 Å². The lowest BCUT2D eigenvalue weighted by Crippen LogP contribution is -2.48. The molecule has 4 rings (SSSR count). The molecule has 30 heavy (non-hydrogen) atoms. The first-order valence-electron chi connectivity index (χ1n) is 10.2. The molecule has 1 N–H and O–H groups in total. The molecule has 1 fully saturated rings. The van der Waals surface area contributed by atoms with Gasteiger partial charge in [0, 0.05) is 43.1 Å². The van der Waals surface area contributed by atoms with Gasteiger partial charge >= 0.3 is 0 Å². The summed E-state index contributed by atoms with van der Waals surface area (Å²) in [5.41, 5.74) is 4.86. The number of halogens is 2. The minimum Gasteiger partial charge on any atom is -0.355 e. The van der Waals surface area contributed by atoms with Gasteiger partial charge in [-0.25, -0.2) is 13.8 Å². The van der Waals surface area contributed by atoms with Crippen LogP contribution in [0.2, 0.25) is 0 Å². The van der Waals surface area contributed by atoms with Crippen molar-refractivity contribution < 1.29 is 18.4 Å². The Balaban J connectivity index is 1.47. The monoisotopic (exact) mass is 433 g/mol. The summed E-state index contributed by atoms with van der Waals surface area (Å²) in [7, 11) is 0. The van der Waals surface area contributed by atoms with Gasteiger partial charge in [0.25, 0.3) is 0 Å². The summed E-state index contributed by atoms with van der Waals surface area (Å²) in [5.74, 6) is -4.31. The Hall–Kier alpha value is -2.35. The number of hydrogen-bond acceptors (Lipinski definition) is 4. The number of alkyl halides is 2. The Morgan fingerprint density at radius 3 is 2.83 bits per heavy atom. The zero-order chi connectivity index (χ0) is 21.5. The largest absolute Gasteiger partial charge is 0.355 e. The molecular weight excluding hydrogens is 408 g/mol. The summed E-state index contributed by atoms with van der Waals surface area (Å²) in [5, 5.41) is 2.69. The van der Waals surface area contributed by atoms with E-state index in [1.54, 1.807) is 18.3 Å². The Bertz CT molecular complexity index is 953. The molecule has 2 aromatic rings. The maximum atomic E-state index is 13.3. The number of aryl methyl sites for hydroxylation is 1. The minimum absolute atomic E-state index is 0.0700. The van der Waals surface area contributed by atoms with Crippen LogP contribution in [-0.4, -0.2) is 40.7 Å². The van der Waals surface area contributed by atoms with Crippen LogP contribution in [-0.2, 0) is 16.0 Å². The van der Waals surface area contributed by atoms with E-state index >= 15 is 0 Å². The van der Waals surface area contributed by atoms with E-state index in [1.165, 1.54) is 4.88 Å². The second-order valence-corrected chi connectivity index (χ2v) is 9.31. The van der Waals surface area contributed by atoms with Crippen molar-refractivity contribution in [3.63, 3.8) is 0 Å². The summed E-state index contributed by atoms with van der Waals surface area (Å²) in [4.78, 5) is 33.0. The van der Waals surface area contributed by atoms with Crippen LogP contribution in [0.15, 0.2) is 29.8 Å². The number of aromatic nitrogens is 1. The van der Waals surface area contributed by atoms with Crippen molar-refractivity contribution in [3.8, 4) is 0 Å². The zero-order valence-corrected chi connectivity index (χ0v) is 17.8. The normalized spacial score (nSPS) is 21.5. The summed E-state index contributed by atoms with van der Waals surface area (Å²) < 4.78 is 26.0. The SMILES string of the molecule is Cc1cccc(C2c3ncsc3CCN2C(=O)C(C)CNC(=O)C2CC(F)(F)C2)c1. The molecule has 1 aliphatic heterocycles. The highest BCUT2D eigenvalue weighted by molar-refractivity contribution is 7.09. The zero-order valence-electron chi connectivity index (χ0n) is 17.0. The van der Waals surface area contributed by atoms with Crippen molar-refractivity contribution in [2.75, 3.05) is 13.1 Å². The molecule has 2 atom stereocenters. The lowest BCUT2D eigenvalue weighted by molar-refractivity contribution is -0.150. The van der Waals surface area contributed by atoms with Crippen molar-refractivity contribution in [2.45, 2.75) is 45.1 Å². The highest BCUT2D eigenvalue weighted by atomic mass is 32.1. The lowest BCUT2D eigenvalue weighted by atomic mass is 9.80. The van der Waals surface area contributed by atoms with Crippen LogP contribution in [0.1, 0.15) is 47.5 Å². The first kappa shape index (κ1) is 20.9. The number of nitrogens with zero attached hydrogens (tertiary/aromatic N) is 2. The first-order chi connectivity index (χ1) is 14.2. The Morgan fingerprint density at radius 1 is 1.37 bits per heavy atom. The molecule has 5 nitrogen and oxygen atoms in total. The van der Waals surface area contributed by atoms with Gasteiger partial charge in [-0.05, 0) is 12.5 Å². The van der Waals surface area contributed by atoms with Crippen molar-refractivity contribution in [1.29, 1.82) is 0 Å². The molecule has 2 aliphatic rings. The number of nitrogens with one attached hydrogen (secondary N) is 1. The molecule has 160 valence electrons. The quantitative estimate of drug-likeness (QED) is 0.782. The van der Waals surface area contributed by atoms with Gasteiger partial charge in [-0.3, -0.25) is 9.59 Å². The molecule has 1 aromatic carbocycles. The van der Waals surface area contributed by atoms with E-state index in [2.05, 4.69) is 16.4 Å². The average molecular weight is 434 g/mol. The van der Waals surface area contributed by atoms with Crippen molar-refractivity contribution >= 4 is 23.2 Å². The van der Waals surface area contributed by atoms with E-state index in [-0.39, 0.29) is 18.5 Å². The van der Waals surface area contributed by atoms with Gasteiger partial charge in [0.05, 0.1) is 17.1 Å². The van der Waals surface area contributed by atoms with E-state index in [9.17, 15) is 18.4 Å². The number of thiazole rings is 1. The molecule has 0 spiro atoms. The van der Waals surface area contributed by atoms with Gasteiger partial charge in [-0.15, -0.1) is 11.3 Å². The van der Waals surface area contributed by atoms with Crippen LogP contribution in [0.4, 0.5) is 8.78 Å². The average Bonchev–Trinajstić information content (AvgIpc) is 3.17. The molecule has 0 bridgehead atoms. The number of benzene rings is 1. The number of amides is 2. The predicted molar refractivity (Wildman–Crippen MR) is 110 cm³/mol. The van der Waals surface area contributed by atoms with Gasteiger partial charge in [0.2, 0.25) is 17.7 Å². The number of fused-ring (bicyclic) bond motifs is 1. The van der Waals surface area contributed by atoms with Crippen molar-refractivity contribution in [3.05, 3.63) is 51.5 Å². The molecule has 1 saturated carbocycles. The third-order valence-electron chi connectivity index (χ3n) is 5.93. The minimum atomic E-state index is -2.73. The fraction of sp³-hybridized carbons (Fsp3) is 0.500. The maximum Gasteiger partial charge on any atom is 0.249 e. The van der Waals surface area contributed by atoms with Crippen LogP contribution in [0.3, 0.4) is 0 Å². The smallest absolute Gasteiger partial charge is 0.249 e. The second kappa shape index (κ2) is 8.06. The molecule has 2 unspecified atom stereocenters. The Morgan fingerprint density at radius 2 is 2.13 bits per heavy atom. The summed E-state index contributed by atoms with van der Waals surface area (Å²) >= 11 is 1.61. The summed E-state index contributed by atoms with van der Waals surface area (Å²) in [6.45, 7) is 4.50. The van der Waals surface area contributed by atoms with Gasteiger partial charge in [-0.1, -0.05) is 36.8 Å². The first-order valence-corrected chi connectivity index (χ1v) is 11.1. The molecular formula is C22H25F2N3O2S. The molecule has 0 radical (unpaired) electrons. The van der Waals surface area contributed by atoms with E-state index in [4.69, 9.17) is 0 Å². The predicted octanol–water partition coefficient (Wildman–Crippen LogP) is 3.72. The molecule has 8 heteroatoms. The topological polar surface area (TPSA) is 62.3 Å². The van der Waals surface area contributed by atoms with Gasteiger partial charge in [0.15, 0.2) is 0 Å². The molecule has 1 aromatic heterocycles. The van der Waals surface area contributed by atoms with E-state index < -0.39 is 36.5 Å². The van der Waals surface area contributed by atoms with E-state index in [1.807, 2.05) is 35.5 Å². The molecule has 2 heterocycles.